The van der Waals surface area contributed by atoms with Crippen LogP contribution in [0, 0.1) is 0 Å². The van der Waals surface area contributed by atoms with Gasteiger partial charge in [0.1, 0.15) is 11.2 Å². The number of furan rings is 1. The van der Waals surface area contributed by atoms with Crippen molar-refractivity contribution in [2.24, 2.45) is 0 Å². The predicted molar refractivity (Wildman–Crippen MR) is 88.7 cm³/mol. The molecule has 1 nitrogen and oxygen atoms in total. The molecule has 1 aromatic heterocycles. The lowest BCUT2D eigenvalue weighted by atomic mass is 10.0. The van der Waals surface area contributed by atoms with Crippen LogP contribution in [0.2, 0.25) is 0 Å². The molecule has 98 valence electrons. The van der Waals surface area contributed by atoms with Gasteiger partial charge in [-0.2, -0.15) is 0 Å². The number of fused-ring (bicyclic) bond motifs is 5. The van der Waals surface area contributed by atoms with E-state index in [9.17, 15) is 0 Å². The third-order valence-corrected chi connectivity index (χ3v) is 4.20. The molecule has 0 saturated heterocycles. The molecule has 0 saturated carbocycles. The zero-order valence-corrected chi connectivity index (χ0v) is 11.3. The van der Waals surface area contributed by atoms with Gasteiger partial charge in [0.15, 0.2) is 0 Å². The normalized spacial score (nSPS) is 11.8. The van der Waals surface area contributed by atoms with Crippen molar-refractivity contribution < 1.29 is 4.42 Å². The number of benzene rings is 4. The Labute approximate surface area is 121 Å². The van der Waals surface area contributed by atoms with Crippen molar-refractivity contribution in [1.82, 2.24) is 0 Å². The Kier molecular flexibility index (Phi) is 2.01. The van der Waals surface area contributed by atoms with Gasteiger partial charge in [-0.05, 0) is 51.9 Å². The van der Waals surface area contributed by atoms with Crippen LogP contribution in [0.5, 0.6) is 0 Å². The molecule has 0 aliphatic heterocycles. The van der Waals surface area contributed by atoms with Gasteiger partial charge in [-0.15, -0.1) is 0 Å². The summed E-state index contributed by atoms with van der Waals surface area (Å²) in [5.41, 5.74) is 1.91. The molecule has 4 aromatic carbocycles. The highest BCUT2D eigenvalue weighted by atomic mass is 16.3. The Hall–Kier alpha value is -2.80. The number of rotatable bonds is 0. The molecule has 0 aliphatic carbocycles. The van der Waals surface area contributed by atoms with Crippen molar-refractivity contribution in [3.05, 3.63) is 72.8 Å². The van der Waals surface area contributed by atoms with E-state index in [0.717, 1.165) is 11.2 Å². The first-order valence-corrected chi connectivity index (χ1v) is 7.12. The molecule has 0 amide bonds. The summed E-state index contributed by atoms with van der Waals surface area (Å²) in [5.74, 6) is 0. The zero-order chi connectivity index (χ0) is 13.8. The summed E-state index contributed by atoms with van der Waals surface area (Å²) in [6.45, 7) is 0. The van der Waals surface area contributed by atoms with E-state index in [0.29, 0.717) is 0 Å². The Bertz CT molecular complexity index is 1130. The first kappa shape index (κ1) is 10.9. The van der Waals surface area contributed by atoms with Gasteiger partial charge < -0.3 is 4.42 Å². The average Bonchev–Trinajstić information content (AvgIpc) is 2.88. The summed E-state index contributed by atoms with van der Waals surface area (Å²) in [4.78, 5) is 0. The van der Waals surface area contributed by atoms with Crippen LogP contribution in [0.4, 0.5) is 0 Å². The van der Waals surface area contributed by atoms with Gasteiger partial charge in [0, 0.05) is 10.8 Å². The monoisotopic (exact) mass is 268 g/mol. The number of para-hydroxylation sites is 1. The Balaban J connectivity index is 1.99. The highest BCUT2D eigenvalue weighted by molar-refractivity contribution is 6.11. The van der Waals surface area contributed by atoms with Gasteiger partial charge in [0.25, 0.3) is 0 Å². The average molecular weight is 268 g/mol. The van der Waals surface area contributed by atoms with E-state index in [1.807, 2.05) is 12.1 Å². The van der Waals surface area contributed by atoms with E-state index >= 15 is 0 Å². The maximum absolute atomic E-state index is 5.97. The molecule has 0 N–H and O–H groups in total. The molecule has 1 heterocycles. The van der Waals surface area contributed by atoms with Crippen LogP contribution in [-0.2, 0) is 0 Å². The van der Waals surface area contributed by atoms with Crippen molar-refractivity contribution in [3.63, 3.8) is 0 Å². The second kappa shape index (κ2) is 3.86. The van der Waals surface area contributed by atoms with Crippen LogP contribution in [-0.4, -0.2) is 0 Å². The van der Waals surface area contributed by atoms with Crippen LogP contribution in [0.1, 0.15) is 0 Å². The maximum Gasteiger partial charge on any atom is 0.136 e. The number of hydrogen-bond acceptors (Lipinski definition) is 1. The first-order valence-electron chi connectivity index (χ1n) is 7.12. The standard InChI is InChI=1S/C20H12O/c1-2-6-14-10-16-12-20-18(11-15(16)9-13(14)5-1)17-7-3-4-8-19(17)21-20/h1-12H. The molecule has 0 fully saturated rings. The third-order valence-electron chi connectivity index (χ3n) is 4.20. The molecule has 0 bridgehead atoms. The third kappa shape index (κ3) is 1.52. The summed E-state index contributed by atoms with van der Waals surface area (Å²) in [5, 5.41) is 7.39. The minimum absolute atomic E-state index is 0.951. The fourth-order valence-electron chi connectivity index (χ4n) is 3.16. The van der Waals surface area contributed by atoms with Crippen molar-refractivity contribution in [3.8, 4) is 0 Å². The highest BCUT2D eigenvalue weighted by Gasteiger charge is 2.08. The topological polar surface area (TPSA) is 13.1 Å². The quantitative estimate of drug-likeness (QED) is 0.319. The van der Waals surface area contributed by atoms with E-state index in [2.05, 4.69) is 60.7 Å². The molecule has 0 spiro atoms. The minimum Gasteiger partial charge on any atom is -0.456 e. The van der Waals surface area contributed by atoms with Crippen molar-refractivity contribution in [2.75, 3.05) is 0 Å². The molecular weight excluding hydrogens is 256 g/mol. The SMILES string of the molecule is c1ccc2cc3cc4c(cc3cc2c1)oc1ccccc14. The summed E-state index contributed by atoms with van der Waals surface area (Å²) in [6, 6.07) is 25.6. The minimum atomic E-state index is 0.951. The van der Waals surface area contributed by atoms with E-state index in [1.54, 1.807) is 0 Å². The molecular formula is C20H12O. The van der Waals surface area contributed by atoms with Crippen molar-refractivity contribution >= 4 is 43.5 Å². The Morgan fingerprint density at radius 2 is 1.14 bits per heavy atom. The molecule has 1 heteroatoms. The maximum atomic E-state index is 5.97. The Morgan fingerprint density at radius 3 is 1.95 bits per heavy atom. The lowest BCUT2D eigenvalue weighted by molar-refractivity contribution is 0.669. The van der Waals surface area contributed by atoms with E-state index in [4.69, 9.17) is 4.42 Å². The summed E-state index contributed by atoms with van der Waals surface area (Å²) < 4.78 is 5.97. The zero-order valence-electron chi connectivity index (χ0n) is 11.3. The lowest BCUT2D eigenvalue weighted by Crippen LogP contribution is -1.76. The fraction of sp³-hybridized carbons (Fsp3) is 0. The van der Waals surface area contributed by atoms with E-state index in [1.165, 1.54) is 32.3 Å². The molecule has 5 rings (SSSR count). The van der Waals surface area contributed by atoms with Crippen LogP contribution < -0.4 is 0 Å². The second-order valence-electron chi connectivity index (χ2n) is 5.49. The highest BCUT2D eigenvalue weighted by Crippen LogP contribution is 2.33. The van der Waals surface area contributed by atoms with Gasteiger partial charge in [-0.3, -0.25) is 0 Å². The largest absolute Gasteiger partial charge is 0.456 e. The second-order valence-corrected chi connectivity index (χ2v) is 5.49. The van der Waals surface area contributed by atoms with Crippen molar-refractivity contribution in [1.29, 1.82) is 0 Å². The summed E-state index contributed by atoms with van der Waals surface area (Å²) >= 11 is 0. The van der Waals surface area contributed by atoms with Crippen molar-refractivity contribution in [2.45, 2.75) is 0 Å². The van der Waals surface area contributed by atoms with Crippen LogP contribution >= 0.6 is 0 Å². The molecule has 0 aliphatic rings. The predicted octanol–water partition coefficient (Wildman–Crippen LogP) is 5.89. The van der Waals surface area contributed by atoms with Crippen LogP contribution in [0.15, 0.2) is 77.2 Å². The molecule has 0 radical (unpaired) electrons. The fourth-order valence-corrected chi connectivity index (χ4v) is 3.16. The van der Waals surface area contributed by atoms with E-state index < -0.39 is 0 Å². The summed E-state index contributed by atoms with van der Waals surface area (Å²) in [7, 11) is 0. The molecule has 5 aromatic rings. The molecule has 0 unspecified atom stereocenters. The van der Waals surface area contributed by atoms with Gasteiger partial charge in [0.05, 0.1) is 0 Å². The van der Waals surface area contributed by atoms with Gasteiger partial charge in [-0.25, -0.2) is 0 Å². The van der Waals surface area contributed by atoms with Gasteiger partial charge >= 0.3 is 0 Å². The van der Waals surface area contributed by atoms with E-state index in [-0.39, 0.29) is 0 Å². The Morgan fingerprint density at radius 1 is 0.476 bits per heavy atom. The number of hydrogen-bond donors (Lipinski definition) is 0. The van der Waals surface area contributed by atoms with Gasteiger partial charge in [0.2, 0.25) is 0 Å². The molecule has 0 atom stereocenters. The van der Waals surface area contributed by atoms with Crippen LogP contribution in [0.25, 0.3) is 43.5 Å². The summed E-state index contributed by atoms with van der Waals surface area (Å²) in [6.07, 6.45) is 0. The van der Waals surface area contributed by atoms with Gasteiger partial charge in [-0.1, -0.05) is 42.5 Å². The first-order chi connectivity index (χ1) is 10.4. The smallest absolute Gasteiger partial charge is 0.136 e. The lowest BCUT2D eigenvalue weighted by Gasteiger charge is -2.02. The van der Waals surface area contributed by atoms with Crippen LogP contribution in [0.3, 0.4) is 0 Å². The molecule has 21 heavy (non-hydrogen) atoms.